The van der Waals surface area contributed by atoms with E-state index in [1.54, 1.807) is 0 Å². The molecule has 9 heavy (non-hydrogen) atoms. The summed E-state index contributed by atoms with van der Waals surface area (Å²) in [5.74, 6) is 0. The van der Waals surface area contributed by atoms with Crippen molar-refractivity contribution >= 4 is 6.21 Å². The van der Waals surface area contributed by atoms with Gasteiger partial charge in [0.15, 0.2) is 0 Å². The number of hydrogen-bond donors (Lipinski definition) is 0. The van der Waals surface area contributed by atoms with Crippen LogP contribution in [0.2, 0.25) is 0 Å². The Morgan fingerprint density at radius 3 is 3.44 bits per heavy atom. The van der Waals surface area contributed by atoms with Crippen LogP contribution < -0.4 is 0 Å². The number of aromatic nitrogens is 2. The summed E-state index contributed by atoms with van der Waals surface area (Å²) in [5, 5.41) is 4.08. The highest BCUT2D eigenvalue weighted by molar-refractivity contribution is 5.58. The number of fused-ring (bicyclic) bond motifs is 1. The van der Waals surface area contributed by atoms with Crippen LogP contribution in [0.25, 0.3) is 0 Å². The topological polar surface area (TPSA) is 30.2 Å². The van der Waals surface area contributed by atoms with Crippen molar-refractivity contribution in [2.45, 2.75) is 13.1 Å². The van der Waals surface area contributed by atoms with Crippen LogP contribution in [0, 0.1) is 0 Å². The lowest BCUT2D eigenvalue weighted by molar-refractivity contribution is 0.662. The molecule has 0 unspecified atom stereocenters. The van der Waals surface area contributed by atoms with Gasteiger partial charge in [-0.05, 0) is 6.07 Å². The molecule has 0 N–H and O–H groups in total. The van der Waals surface area contributed by atoms with Crippen molar-refractivity contribution in [3.8, 4) is 0 Å². The quantitative estimate of drug-likeness (QED) is 0.490. The minimum atomic E-state index is 0.792. The van der Waals surface area contributed by atoms with Crippen molar-refractivity contribution in [1.29, 1.82) is 0 Å². The first-order valence-corrected chi connectivity index (χ1v) is 2.96. The smallest absolute Gasteiger partial charge is 0.0805 e. The molecule has 0 spiro atoms. The molecule has 0 amide bonds. The number of nitrogens with zero attached hydrogens (tertiary/aromatic N) is 3. The van der Waals surface area contributed by atoms with Gasteiger partial charge in [0.05, 0.1) is 18.8 Å². The van der Waals surface area contributed by atoms with Crippen LogP contribution in [0.1, 0.15) is 5.69 Å². The van der Waals surface area contributed by atoms with Crippen LogP contribution in [-0.2, 0) is 13.1 Å². The standard InChI is InChI=1S/C6H7N3/c1-2-8-9-4-3-7-5-6(1)9/h1-3H,4-5H2. The second-order valence-corrected chi connectivity index (χ2v) is 2.03. The van der Waals surface area contributed by atoms with Gasteiger partial charge < -0.3 is 0 Å². The molecule has 2 heterocycles. The van der Waals surface area contributed by atoms with E-state index in [2.05, 4.69) is 10.1 Å². The zero-order valence-electron chi connectivity index (χ0n) is 4.99. The highest BCUT2D eigenvalue weighted by Crippen LogP contribution is 2.02. The van der Waals surface area contributed by atoms with Crippen LogP contribution in [0.3, 0.4) is 0 Å². The molecule has 46 valence electrons. The maximum Gasteiger partial charge on any atom is 0.0805 e. The molecule has 3 nitrogen and oxygen atoms in total. The average Bonchev–Trinajstić information content (AvgIpc) is 2.33. The highest BCUT2D eigenvalue weighted by Gasteiger charge is 2.01. The summed E-state index contributed by atoms with van der Waals surface area (Å²) in [5.41, 5.74) is 1.21. The van der Waals surface area contributed by atoms with Crippen LogP contribution >= 0.6 is 0 Å². The predicted molar refractivity (Wildman–Crippen MR) is 34.4 cm³/mol. The van der Waals surface area contributed by atoms with Crippen LogP contribution in [0.5, 0.6) is 0 Å². The molecule has 0 aromatic carbocycles. The Bertz CT molecular complexity index is 214. The third kappa shape index (κ3) is 0.650. The van der Waals surface area contributed by atoms with Gasteiger partial charge >= 0.3 is 0 Å². The summed E-state index contributed by atoms with van der Waals surface area (Å²) in [6.07, 6.45) is 3.70. The summed E-state index contributed by atoms with van der Waals surface area (Å²) in [6.45, 7) is 1.63. The largest absolute Gasteiger partial charge is 0.289 e. The van der Waals surface area contributed by atoms with Gasteiger partial charge in [0.25, 0.3) is 0 Å². The first kappa shape index (κ1) is 4.73. The fraction of sp³-hybridized carbons (Fsp3) is 0.333. The van der Waals surface area contributed by atoms with E-state index in [-0.39, 0.29) is 0 Å². The van der Waals surface area contributed by atoms with E-state index in [1.807, 2.05) is 23.2 Å². The van der Waals surface area contributed by atoms with Crippen molar-refractivity contribution in [2.75, 3.05) is 0 Å². The number of hydrogen-bond acceptors (Lipinski definition) is 2. The average molecular weight is 121 g/mol. The molecule has 0 aliphatic carbocycles. The molecule has 0 bridgehead atoms. The molecule has 0 atom stereocenters. The first-order valence-electron chi connectivity index (χ1n) is 2.96. The monoisotopic (exact) mass is 121 g/mol. The second kappa shape index (κ2) is 1.69. The molecule has 0 fully saturated rings. The van der Waals surface area contributed by atoms with Gasteiger partial charge in [0.2, 0.25) is 0 Å². The Kier molecular flexibility index (Phi) is 0.886. The lowest BCUT2D eigenvalue weighted by atomic mass is 10.4. The molecule has 3 heteroatoms. The summed E-state index contributed by atoms with van der Waals surface area (Å²) < 4.78 is 1.95. The summed E-state index contributed by atoms with van der Waals surface area (Å²) >= 11 is 0. The Morgan fingerprint density at radius 1 is 1.56 bits per heavy atom. The zero-order valence-corrected chi connectivity index (χ0v) is 4.99. The normalized spacial score (nSPS) is 15.6. The third-order valence-electron chi connectivity index (χ3n) is 1.44. The molecule has 0 saturated carbocycles. The van der Waals surface area contributed by atoms with Crippen molar-refractivity contribution in [1.82, 2.24) is 9.78 Å². The fourth-order valence-electron chi connectivity index (χ4n) is 0.952. The highest BCUT2D eigenvalue weighted by atomic mass is 15.3. The minimum absolute atomic E-state index is 0.792. The van der Waals surface area contributed by atoms with Crippen molar-refractivity contribution < 1.29 is 0 Å². The molecule has 0 saturated heterocycles. The number of rotatable bonds is 0. The maximum absolute atomic E-state index is 4.10. The maximum atomic E-state index is 4.10. The molecule has 1 aromatic rings. The summed E-state index contributed by atoms with van der Waals surface area (Å²) in [7, 11) is 0. The first-order chi connectivity index (χ1) is 4.47. The van der Waals surface area contributed by atoms with Gasteiger partial charge in [-0.15, -0.1) is 0 Å². The summed E-state index contributed by atoms with van der Waals surface area (Å²) in [6, 6.07) is 2.00. The summed E-state index contributed by atoms with van der Waals surface area (Å²) in [4.78, 5) is 4.10. The van der Waals surface area contributed by atoms with Gasteiger partial charge in [-0.25, -0.2) is 0 Å². The molecular weight excluding hydrogens is 114 g/mol. The van der Waals surface area contributed by atoms with E-state index in [0.717, 1.165) is 13.1 Å². The van der Waals surface area contributed by atoms with Gasteiger partial charge in [-0.3, -0.25) is 9.67 Å². The molecular formula is C6H7N3. The van der Waals surface area contributed by atoms with Crippen molar-refractivity contribution in [3.63, 3.8) is 0 Å². The SMILES string of the molecule is C1=NCc2ccnn2C1. The van der Waals surface area contributed by atoms with E-state index in [0.29, 0.717) is 0 Å². The zero-order chi connectivity index (χ0) is 6.10. The number of aliphatic imine (C=N–C) groups is 1. The van der Waals surface area contributed by atoms with Gasteiger partial charge in [-0.1, -0.05) is 0 Å². The molecule has 1 aliphatic heterocycles. The predicted octanol–water partition coefficient (Wildman–Crippen LogP) is 0.467. The van der Waals surface area contributed by atoms with E-state index >= 15 is 0 Å². The van der Waals surface area contributed by atoms with Gasteiger partial charge in [-0.2, -0.15) is 5.10 Å². The van der Waals surface area contributed by atoms with E-state index in [1.165, 1.54) is 5.69 Å². The minimum Gasteiger partial charge on any atom is -0.289 e. The van der Waals surface area contributed by atoms with Crippen LogP contribution in [-0.4, -0.2) is 16.0 Å². The molecule has 2 rings (SSSR count). The Labute approximate surface area is 53.0 Å². The van der Waals surface area contributed by atoms with Crippen molar-refractivity contribution in [2.24, 2.45) is 4.99 Å². The Morgan fingerprint density at radius 2 is 2.56 bits per heavy atom. The van der Waals surface area contributed by atoms with Crippen LogP contribution in [0.15, 0.2) is 17.3 Å². The third-order valence-corrected chi connectivity index (χ3v) is 1.44. The van der Waals surface area contributed by atoms with Gasteiger partial charge in [0.1, 0.15) is 0 Å². The molecule has 1 aromatic heterocycles. The van der Waals surface area contributed by atoms with E-state index < -0.39 is 0 Å². The van der Waals surface area contributed by atoms with Crippen LogP contribution in [0.4, 0.5) is 0 Å². The van der Waals surface area contributed by atoms with E-state index in [9.17, 15) is 0 Å². The Hall–Kier alpha value is -1.12. The Balaban J connectivity index is 2.46. The fourth-order valence-corrected chi connectivity index (χ4v) is 0.952. The lowest BCUT2D eigenvalue weighted by Gasteiger charge is -2.05. The second-order valence-electron chi connectivity index (χ2n) is 2.03. The van der Waals surface area contributed by atoms with Gasteiger partial charge in [0, 0.05) is 12.4 Å². The van der Waals surface area contributed by atoms with E-state index in [4.69, 9.17) is 0 Å². The molecule has 1 aliphatic rings. The molecule has 0 radical (unpaired) electrons. The van der Waals surface area contributed by atoms with Crippen molar-refractivity contribution in [3.05, 3.63) is 18.0 Å². The lowest BCUT2D eigenvalue weighted by Crippen LogP contribution is -2.09.